The third-order valence-corrected chi connectivity index (χ3v) is 3.65. The van der Waals surface area contributed by atoms with Crippen molar-refractivity contribution in [2.75, 3.05) is 13.1 Å². The third kappa shape index (κ3) is 3.16. The maximum Gasteiger partial charge on any atom is 0.246 e. The molecule has 106 valence electrons. The first-order valence-corrected chi connectivity index (χ1v) is 7.07. The second-order valence-corrected chi connectivity index (χ2v) is 5.13. The summed E-state index contributed by atoms with van der Waals surface area (Å²) in [5, 5.41) is 1.08. The van der Waals surface area contributed by atoms with Crippen LogP contribution in [0, 0.1) is 0 Å². The predicted octanol–water partition coefficient (Wildman–Crippen LogP) is 2.44. The Hall–Kier alpha value is -2.49. The van der Waals surface area contributed by atoms with Crippen LogP contribution in [-0.2, 0) is 9.59 Å². The van der Waals surface area contributed by atoms with Gasteiger partial charge in [-0.25, -0.2) is 4.98 Å². The summed E-state index contributed by atoms with van der Waals surface area (Å²) in [6.07, 6.45) is 4.19. The molecule has 0 saturated carbocycles. The van der Waals surface area contributed by atoms with Crippen molar-refractivity contribution in [3.8, 4) is 0 Å². The molecule has 1 amide bonds. The Morgan fingerprint density at radius 1 is 1.10 bits per heavy atom. The molecule has 0 spiro atoms. The number of pyridine rings is 1. The molecular weight excluding hydrogens is 264 g/mol. The minimum absolute atomic E-state index is 0.0579. The molecule has 0 radical (unpaired) electrons. The highest BCUT2D eigenvalue weighted by Gasteiger charge is 2.18. The standard InChI is InChI=1S/C17H16N2O2/c20-15-9-11-19(12-10-15)17(21)8-7-14-6-5-13-3-1-2-4-16(13)18-14/h1-8H,9-12H2/b8-7+. The van der Waals surface area contributed by atoms with Gasteiger partial charge in [0.05, 0.1) is 11.2 Å². The number of aromatic nitrogens is 1. The molecular formula is C17H16N2O2. The highest BCUT2D eigenvalue weighted by atomic mass is 16.2. The Morgan fingerprint density at radius 3 is 2.67 bits per heavy atom. The molecule has 0 aliphatic carbocycles. The van der Waals surface area contributed by atoms with Crippen molar-refractivity contribution < 1.29 is 9.59 Å². The predicted molar refractivity (Wildman–Crippen MR) is 81.6 cm³/mol. The molecule has 4 heteroatoms. The van der Waals surface area contributed by atoms with Crippen molar-refractivity contribution in [3.63, 3.8) is 0 Å². The van der Waals surface area contributed by atoms with Crippen LogP contribution >= 0.6 is 0 Å². The minimum atomic E-state index is -0.0579. The fraction of sp³-hybridized carbons (Fsp3) is 0.235. The zero-order valence-electron chi connectivity index (χ0n) is 11.7. The molecule has 1 aromatic carbocycles. The van der Waals surface area contributed by atoms with Crippen molar-refractivity contribution in [2.24, 2.45) is 0 Å². The average molecular weight is 280 g/mol. The lowest BCUT2D eigenvalue weighted by atomic mass is 10.1. The van der Waals surface area contributed by atoms with Crippen LogP contribution in [0.3, 0.4) is 0 Å². The summed E-state index contributed by atoms with van der Waals surface area (Å²) >= 11 is 0. The molecule has 1 aromatic heterocycles. The Morgan fingerprint density at radius 2 is 1.86 bits per heavy atom. The molecule has 21 heavy (non-hydrogen) atoms. The highest BCUT2D eigenvalue weighted by Crippen LogP contribution is 2.13. The van der Waals surface area contributed by atoms with E-state index in [0.717, 1.165) is 16.6 Å². The van der Waals surface area contributed by atoms with Gasteiger partial charge in [0.2, 0.25) is 5.91 Å². The smallest absolute Gasteiger partial charge is 0.246 e. The first kappa shape index (κ1) is 13.5. The van der Waals surface area contributed by atoms with Gasteiger partial charge in [0, 0.05) is 37.4 Å². The van der Waals surface area contributed by atoms with Gasteiger partial charge in [-0.1, -0.05) is 24.3 Å². The normalized spacial score (nSPS) is 15.8. The first-order chi connectivity index (χ1) is 10.2. The number of likely N-dealkylation sites (tertiary alicyclic amines) is 1. The molecule has 3 rings (SSSR count). The van der Waals surface area contributed by atoms with Gasteiger partial charge in [0.25, 0.3) is 0 Å². The lowest BCUT2D eigenvalue weighted by Crippen LogP contribution is -2.37. The zero-order chi connectivity index (χ0) is 14.7. The van der Waals surface area contributed by atoms with E-state index in [4.69, 9.17) is 0 Å². The van der Waals surface area contributed by atoms with Gasteiger partial charge in [-0.3, -0.25) is 9.59 Å². The van der Waals surface area contributed by atoms with Crippen LogP contribution in [0.1, 0.15) is 18.5 Å². The number of rotatable bonds is 2. The van der Waals surface area contributed by atoms with E-state index in [1.807, 2.05) is 36.4 Å². The van der Waals surface area contributed by atoms with Gasteiger partial charge in [-0.15, -0.1) is 0 Å². The van der Waals surface area contributed by atoms with Crippen LogP contribution in [0.5, 0.6) is 0 Å². The van der Waals surface area contributed by atoms with Gasteiger partial charge < -0.3 is 4.90 Å². The van der Waals surface area contributed by atoms with Crippen molar-refractivity contribution in [3.05, 3.63) is 48.2 Å². The van der Waals surface area contributed by atoms with Crippen LogP contribution in [0.15, 0.2) is 42.5 Å². The molecule has 0 atom stereocenters. The quantitative estimate of drug-likeness (QED) is 0.794. The number of nitrogens with zero attached hydrogens (tertiary/aromatic N) is 2. The van der Waals surface area contributed by atoms with Crippen LogP contribution in [0.25, 0.3) is 17.0 Å². The van der Waals surface area contributed by atoms with E-state index >= 15 is 0 Å². The van der Waals surface area contributed by atoms with E-state index in [-0.39, 0.29) is 11.7 Å². The largest absolute Gasteiger partial charge is 0.338 e. The maximum atomic E-state index is 12.0. The Labute approximate surface area is 123 Å². The van der Waals surface area contributed by atoms with Crippen LogP contribution < -0.4 is 0 Å². The van der Waals surface area contributed by atoms with Gasteiger partial charge in [0.1, 0.15) is 5.78 Å². The molecule has 2 aromatic rings. The van der Waals surface area contributed by atoms with Crippen LogP contribution in [0.4, 0.5) is 0 Å². The number of carbonyl (C=O) groups is 2. The van der Waals surface area contributed by atoms with E-state index in [1.54, 1.807) is 11.0 Å². The number of amides is 1. The molecule has 0 unspecified atom stereocenters. The van der Waals surface area contributed by atoms with E-state index < -0.39 is 0 Å². The lowest BCUT2D eigenvalue weighted by molar-refractivity contribution is -0.130. The van der Waals surface area contributed by atoms with E-state index in [9.17, 15) is 9.59 Å². The van der Waals surface area contributed by atoms with Gasteiger partial charge in [0.15, 0.2) is 0 Å². The first-order valence-electron chi connectivity index (χ1n) is 7.07. The second-order valence-electron chi connectivity index (χ2n) is 5.13. The molecule has 1 aliphatic rings. The third-order valence-electron chi connectivity index (χ3n) is 3.65. The average Bonchev–Trinajstić information content (AvgIpc) is 2.53. The summed E-state index contributed by atoms with van der Waals surface area (Å²) in [4.78, 5) is 29.4. The van der Waals surface area contributed by atoms with Gasteiger partial charge in [-0.2, -0.15) is 0 Å². The second kappa shape index (κ2) is 5.87. The lowest BCUT2D eigenvalue weighted by Gasteiger charge is -2.24. The Kier molecular flexibility index (Phi) is 3.77. The summed E-state index contributed by atoms with van der Waals surface area (Å²) < 4.78 is 0. The summed E-state index contributed by atoms with van der Waals surface area (Å²) in [7, 11) is 0. The van der Waals surface area contributed by atoms with Crippen LogP contribution in [-0.4, -0.2) is 34.7 Å². The molecule has 4 nitrogen and oxygen atoms in total. The number of para-hydroxylation sites is 1. The summed E-state index contributed by atoms with van der Waals surface area (Å²) in [5.41, 5.74) is 1.67. The van der Waals surface area contributed by atoms with Crippen molar-refractivity contribution >= 4 is 28.7 Å². The van der Waals surface area contributed by atoms with E-state index in [0.29, 0.717) is 25.9 Å². The summed E-state index contributed by atoms with van der Waals surface area (Å²) in [5.74, 6) is 0.177. The van der Waals surface area contributed by atoms with Crippen molar-refractivity contribution in [1.29, 1.82) is 0 Å². The summed E-state index contributed by atoms with van der Waals surface area (Å²) in [6, 6.07) is 11.8. The zero-order valence-corrected chi connectivity index (χ0v) is 11.7. The van der Waals surface area contributed by atoms with Crippen molar-refractivity contribution in [2.45, 2.75) is 12.8 Å². The molecule has 0 N–H and O–H groups in total. The number of hydrogen-bond donors (Lipinski definition) is 0. The SMILES string of the molecule is O=C1CCN(C(=O)/C=C/c2ccc3ccccc3n2)CC1. The molecule has 1 aliphatic heterocycles. The fourth-order valence-corrected chi connectivity index (χ4v) is 2.41. The molecule has 1 saturated heterocycles. The molecule has 0 bridgehead atoms. The maximum absolute atomic E-state index is 12.0. The summed E-state index contributed by atoms with van der Waals surface area (Å²) in [6.45, 7) is 1.04. The molecule has 2 heterocycles. The molecule has 1 fully saturated rings. The number of Topliss-reactive ketones (excluding diaryl/α,β-unsaturated/α-hetero) is 1. The number of piperidine rings is 1. The number of carbonyl (C=O) groups excluding carboxylic acids is 2. The van der Waals surface area contributed by atoms with Gasteiger partial charge >= 0.3 is 0 Å². The Balaban J connectivity index is 1.72. The van der Waals surface area contributed by atoms with E-state index in [1.165, 1.54) is 6.08 Å². The van der Waals surface area contributed by atoms with Gasteiger partial charge in [-0.05, 0) is 18.2 Å². The monoisotopic (exact) mass is 280 g/mol. The fourth-order valence-electron chi connectivity index (χ4n) is 2.41. The minimum Gasteiger partial charge on any atom is -0.338 e. The number of hydrogen-bond acceptors (Lipinski definition) is 3. The number of fused-ring (bicyclic) bond motifs is 1. The number of benzene rings is 1. The highest BCUT2D eigenvalue weighted by molar-refractivity contribution is 5.93. The Bertz CT molecular complexity index is 712. The van der Waals surface area contributed by atoms with E-state index in [2.05, 4.69) is 4.98 Å². The topological polar surface area (TPSA) is 50.3 Å². The number of ketones is 1. The van der Waals surface area contributed by atoms with Crippen LogP contribution in [0.2, 0.25) is 0 Å². The van der Waals surface area contributed by atoms with Crippen molar-refractivity contribution in [1.82, 2.24) is 9.88 Å².